The van der Waals surface area contributed by atoms with E-state index in [0.717, 1.165) is 25.7 Å². The fraction of sp³-hybridized carbons (Fsp3) is 0.833. The number of rotatable bonds is 9. The molecule has 0 aromatic heterocycles. The molecule has 0 radical (unpaired) electrons. The van der Waals surface area contributed by atoms with Crippen LogP contribution in [-0.2, 0) is 14.0 Å². The van der Waals surface area contributed by atoms with Crippen LogP contribution < -0.4 is 0 Å². The highest BCUT2D eigenvalue weighted by Crippen LogP contribution is 2.36. The summed E-state index contributed by atoms with van der Waals surface area (Å²) in [6.45, 7) is 11.8. The van der Waals surface area contributed by atoms with Crippen LogP contribution in [0.15, 0.2) is 0 Å². The summed E-state index contributed by atoms with van der Waals surface area (Å²) in [7, 11) is -0.208. The van der Waals surface area contributed by atoms with Gasteiger partial charge in [0, 0.05) is 12.8 Å². The number of ether oxygens (including phenoxy) is 1. The van der Waals surface area contributed by atoms with Crippen molar-refractivity contribution in [1.29, 1.82) is 0 Å². The summed E-state index contributed by atoms with van der Waals surface area (Å²) >= 11 is 0. The van der Waals surface area contributed by atoms with Crippen molar-refractivity contribution in [3.63, 3.8) is 0 Å². The van der Waals surface area contributed by atoms with Gasteiger partial charge >= 0.3 is 5.97 Å². The summed E-state index contributed by atoms with van der Waals surface area (Å²) in [5.74, 6) is 6.24. The Morgan fingerprint density at radius 1 is 1.00 bits per heavy atom. The highest BCUT2D eigenvalue weighted by Gasteiger charge is 2.36. The minimum Gasteiger partial charge on any atom is -0.469 e. The Kier molecular flexibility index (Phi) is 10.5. The normalized spacial score (nSPS) is 11.7. The molecule has 0 fully saturated rings. The van der Waals surface area contributed by atoms with Gasteiger partial charge < -0.3 is 9.16 Å². The van der Waals surface area contributed by atoms with Crippen molar-refractivity contribution in [3.8, 4) is 11.8 Å². The fourth-order valence-electron chi connectivity index (χ4n) is 1.69. The number of hydrogen-bond acceptors (Lipinski definition) is 3. The number of carbonyl (C=O) groups excluding carboxylic acids is 1. The molecule has 0 rings (SSSR count). The summed E-state index contributed by atoms with van der Waals surface area (Å²) in [6, 6.07) is 0. The third kappa shape index (κ3) is 10.0. The van der Waals surface area contributed by atoms with Gasteiger partial charge in [-0.3, -0.25) is 4.79 Å². The fourth-order valence-corrected chi connectivity index (χ4v) is 2.55. The van der Waals surface area contributed by atoms with Crippen LogP contribution >= 0.6 is 0 Å². The first-order chi connectivity index (χ1) is 10.2. The molecular formula is C18H34O3Si. The molecule has 0 atom stereocenters. The van der Waals surface area contributed by atoms with Gasteiger partial charge in [0.1, 0.15) is 0 Å². The molecule has 0 heterocycles. The third-order valence-electron chi connectivity index (χ3n) is 4.35. The van der Waals surface area contributed by atoms with Gasteiger partial charge in [0.05, 0.1) is 13.7 Å². The van der Waals surface area contributed by atoms with Crippen molar-refractivity contribution in [2.75, 3.05) is 13.7 Å². The minimum absolute atomic E-state index is 0.104. The topological polar surface area (TPSA) is 35.5 Å². The molecule has 0 aromatic rings. The molecule has 0 saturated heterocycles. The molecule has 0 aliphatic rings. The molecule has 0 unspecified atom stereocenters. The molecule has 0 aliphatic heterocycles. The minimum atomic E-state index is -1.65. The van der Waals surface area contributed by atoms with E-state index in [1.807, 2.05) is 0 Å². The molecule has 22 heavy (non-hydrogen) atoms. The number of unbranched alkanes of at least 4 members (excludes halogenated alkanes) is 5. The van der Waals surface area contributed by atoms with Crippen LogP contribution in [0.4, 0.5) is 0 Å². The maximum absolute atomic E-state index is 10.9. The first-order valence-electron chi connectivity index (χ1n) is 8.37. The summed E-state index contributed by atoms with van der Waals surface area (Å²) in [4.78, 5) is 10.9. The van der Waals surface area contributed by atoms with E-state index in [2.05, 4.69) is 50.4 Å². The lowest BCUT2D eigenvalue weighted by Gasteiger charge is -2.35. The van der Waals surface area contributed by atoms with Gasteiger partial charge in [-0.15, -0.1) is 5.92 Å². The largest absolute Gasteiger partial charge is 0.469 e. The maximum atomic E-state index is 10.9. The molecule has 0 N–H and O–H groups in total. The first-order valence-corrected chi connectivity index (χ1v) is 11.3. The molecular weight excluding hydrogens is 292 g/mol. The molecule has 0 amide bonds. The number of hydrogen-bond donors (Lipinski definition) is 0. The highest BCUT2D eigenvalue weighted by molar-refractivity contribution is 6.74. The van der Waals surface area contributed by atoms with Crippen molar-refractivity contribution in [2.45, 2.75) is 83.8 Å². The van der Waals surface area contributed by atoms with Crippen LogP contribution in [0.5, 0.6) is 0 Å². The Balaban J connectivity index is 3.56. The molecule has 128 valence electrons. The smallest absolute Gasteiger partial charge is 0.305 e. The van der Waals surface area contributed by atoms with Crippen LogP contribution in [0, 0.1) is 11.8 Å². The molecule has 4 heteroatoms. The van der Waals surface area contributed by atoms with E-state index < -0.39 is 8.32 Å². The second-order valence-corrected chi connectivity index (χ2v) is 12.1. The molecule has 0 spiro atoms. The summed E-state index contributed by atoms with van der Waals surface area (Å²) in [6.07, 6.45) is 6.98. The molecule has 0 saturated carbocycles. The van der Waals surface area contributed by atoms with E-state index in [-0.39, 0.29) is 11.0 Å². The Morgan fingerprint density at radius 3 is 2.18 bits per heavy atom. The quantitative estimate of drug-likeness (QED) is 0.261. The van der Waals surface area contributed by atoms with E-state index in [1.165, 1.54) is 20.0 Å². The Bertz CT molecular complexity index is 372. The van der Waals surface area contributed by atoms with Crippen molar-refractivity contribution in [1.82, 2.24) is 0 Å². The first kappa shape index (κ1) is 21.2. The van der Waals surface area contributed by atoms with Crippen LogP contribution in [0.3, 0.4) is 0 Å². The van der Waals surface area contributed by atoms with Crippen LogP contribution in [0.2, 0.25) is 18.1 Å². The summed E-state index contributed by atoms with van der Waals surface area (Å²) < 4.78 is 10.6. The molecule has 3 nitrogen and oxygen atoms in total. The predicted octanol–water partition coefficient (Wildman–Crippen LogP) is 4.92. The average molecular weight is 327 g/mol. The van der Waals surface area contributed by atoms with E-state index >= 15 is 0 Å². The van der Waals surface area contributed by atoms with E-state index in [4.69, 9.17) is 4.43 Å². The zero-order valence-electron chi connectivity index (χ0n) is 15.4. The Labute approximate surface area is 138 Å². The van der Waals surface area contributed by atoms with Crippen molar-refractivity contribution < 1.29 is 14.0 Å². The molecule has 0 bridgehead atoms. The number of esters is 1. The molecule has 0 aromatic carbocycles. The van der Waals surface area contributed by atoms with Crippen LogP contribution in [0.25, 0.3) is 0 Å². The van der Waals surface area contributed by atoms with Gasteiger partial charge in [-0.1, -0.05) is 46.0 Å². The highest BCUT2D eigenvalue weighted by atomic mass is 28.4. The van der Waals surface area contributed by atoms with Gasteiger partial charge in [-0.25, -0.2) is 0 Å². The second-order valence-electron chi connectivity index (χ2n) is 7.25. The van der Waals surface area contributed by atoms with E-state index in [9.17, 15) is 4.79 Å². The zero-order valence-corrected chi connectivity index (χ0v) is 16.4. The third-order valence-corrected chi connectivity index (χ3v) is 8.83. The zero-order chi connectivity index (χ0) is 17.1. The second kappa shape index (κ2) is 10.9. The lowest BCUT2D eigenvalue weighted by atomic mass is 10.1. The molecule has 0 aliphatic carbocycles. The number of methoxy groups -OCH3 is 1. The standard InChI is InChI=1S/C18H34O3Si/c1-18(2,3)22(5,6)21-16-14-12-10-8-7-9-11-13-15-17(19)20-4/h7-11,13,15-16H2,1-6H3. The monoisotopic (exact) mass is 326 g/mol. The van der Waals surface area contributed by atoms with Crippen LogP contribution in [-0.4, -0.2) is 28.0 Å². The van der Waals surface area contributed by atoms with Crippen molar-refractivity contribution in [2.24, 2.45) is 0 Å². The summed E-state index contributed by atoms with van der Waals surface area (Å²) in [5, 5.41) is 0.249. The summed E-state index contributed by atoms with van der Waals surface area (Å²) in [5.41, 5.74) is 0. The van der Waals surface area contributed by atoms with Gasteiger partial charge in [0.15, 0.2) is 8.32 Å². The van der Waals surface area contributed by atoms with Crippen LogP contribution in [0.1, 0.15) is 65.7 Å². The van der Waals surface area contributed by atoms with Gasteiger partial charge in [-0.05, 0) is 31.0 Å². The maximum Gasteiger partial charge on any atom is 0.305 e. The predicted molar refractivity (Wildman–Crippen MR) is 95.3 cm³/mol. The van der Waals surface area contributed by atoms with Crippen molar-refractivity contribution >= 4 is 14.3 Å². The SMILES string of the molecule is COC(=O)CCCCCCCC#CCO[Si](C)(C)C(C)(C)C. The Hall–Kier alpha value is -0.793. The lowest BCUT2D eigenvalue weighted by Crippen LogP contribution is -2.40. The Morgan fingerprint density at radius 2 is 1.59 bits per heavy atom. The average Bonchev–Trinajstić information content (AvgIpc) is 2.43. The lowest BCUT2D eigenvalue weighted by molar-refractivity contribution is -0.140. The van der Waals surface area contributed by atoms with Gasteiger partial charge in [0.2, 0.25) is 0 Å². The van der Waals surface area contributed by atoms with Gasteiger partial charge in [0.25, 0.3) is 0 Å². The van der Waals surface area contributed by atoms with E-state index in [0.29, 0.717) is 13.0 Å². The number of carbonyl (C=O) groups is 1. The van der Waals surface area contributed by atoms with Crippen molar-refractivity contribution in [3.05, 3.63) is 0 Å². The van der Waals surface area contributed by atoms with Gasteiger partial charge in [-0.2, -0.15) is 0 Å². The van der Waals surface area contributed by atoms with E-state index in [1.54, 1.807) is 0 Å².